The van der Waals surface area contributed by atoms with Crippen LogP contribution in [-0.4, -0.2) is 108 Å². The standard InChI is InChI=1S/C41H52N8O7/c1-23(2)33(46-40(53)56-6)38(51)48-19-7-9-31(48)36-42-21-29(43-36)27-15-11-25(12-16-27)26-13-17-28(18-14-26)34-30(22-50)44-37(45-34)32-10-8-20-49(32)39(52)35(24(3)4)47(5)41(54)55/h11-18,21,23-24,31-33,35,50H,7-10,19-20,22H2,1-6H3,(H,42,43)(H,44,45)(H,46,53)(H,54,55)/t31-,32-,33-,35-/m0/s1. The first-order chi connectivity index (χ1) is 26.8. The van der Waals surface area contributed by atoms with Crippen LogP contribution in [0.3, 0.4) is 0 Å². The number of alkyl carbamates (subject to hydrolysis) is 1. The first-order valence-corrected chi connectivity index (χ1v) is 19.2. The summed E-state index contributed by atoms with van der Waals surface area (Å²) in [4.78, 5) is 71.8. The number of H-pyrrole nitrogens is 2. The second-order valence-corrected chi connectivity index (χ2v) is 15.2. The number of aliphatic hydroxyl groups excluding tert-OH is 1. The zero-order valence-electron chi connectivity index (χ0n) is 32.8. The molecule has 56 heavy (non-hydrogen) atoms. The molecule has 15 nitrogen and oxygen atoms in total. The van der Waals surface area contributed by atoms with E-state index < -0.39 is 24.3 Å². The summed E-state index contributed by atoms with van der Waals surface area (Å²) in [7, 11) is 2.70. The highest BCUT2D eigenvalue weighted by Gasteiger charge is 2.40. The highest BCUT2D eigenvalue weighted by atomic mass is 16.5. The molecular formula is C41H52N8O7. The van der Waals surface area contributed by atoms with Crippen molar-refractivity contribution in [2.24, 2.45) is 11.8 Å². The number of aromatic amines is 2. The minimum absolute atomic E-state index is 0.118. The second-order valence-electron chi connectivity index (χ2n) is 15.2. The summed E-state index contributed by atoms with van der Waals surface area (Å²) >= 11 is 0. The molecule has 0 unspecified atom stereocenters. The Morgan fingerprint density at radius 2 is 1.39 bits per heavy atom. The Bertz CT molecular complexity index is 2020. The lowest BCUT2D eigenvalue weighted by Gasteiger charge is -2.33. The van der Waals surface area contributed by atoms with Gasteiger partial charge in [-0.2, -0.15) is 0 Å². The topological polar surface area (TPSA) is 197 Å². The van der Waals surface area contributed by atoms with E-state index in [2.05, 4.69) is 15.3 Å². The zero-order chi connectivity index (χ0) is 40.3. The van der Waals surface area contributed by atoms with Crippen LogP contribution in [0.1, 0.15) is 82.8 Å². The molecule has 298 valence electrons. The van der Waals surface area contributed by atoms with Crippen LogP contribution >= 0.6 is 0 Å². The number of hydrogen-bond donors (Lipinski definition) is 5. The van der Waals surface area contributed by atoms with E-state index in [1.54, 1.807) is 9.80 Å². The van der Waals surface area contributed by atoms with Crippen molar-refractivity contribution in [1.29, 1.82) is 0 Å². The van der Waals surface area contributed by atoms with Crippen molar-refractivity contribution in [3.05, 3.63) is 72.1 Å². The van der Waals surface area contributed by atoms with Crippen LogP contribution in [-0.2, 0) is 20.9 Å². The average molecular weight is 769 g/mol. The summed E-state index contributed by atoms with van der Waals surface area (Å²) in [5, 5.41) is 22.6. The molecule has 6 rings (SSSR count). The largest absolute Gasteiger partial charge is 0.465 e. The van der Waals surface area contributed by atoms with Crippen LogP contribution in [0.4, 0.5) is 9.59 Å². The van der Waals surface area contributed by atoms with Crippen molar-refractivity contribution >= 4 is 24.0 Å². The molecule has 4 atom stereocenters. The van der Waals surface area contributed by atoms with E-state index in [1.807, 2.05) is 82.4 Å². The maximum Gasteiger partial charge on any atom is 0.407 e. The van der Waals surface area contributed by atoms with Gasteiger partial charge >= 0.3 is 12.2 Å². The van der Waals surface area contributed by atoms with Gasteiger partial charge in [0.2, 0.25) is 11.8 Å². The van der Waals surface area contributed by atoms with E-state index >= 15 is 0 Å². The van der Waals surface area contributed by atoms with Gasteiger partial charge in [-0.25, -0.2) is 19.6 Å². The predicted octanol–water partition coefficient (Wildman–Crippen LogP) is 5.97. The van der Waals surface area contributed by atoms with Crippen LogP contribution in [0.25, 0.3) is 33.6 Å². The van der Waals surface area contributed by atoms with E-state index in [-0.39, 0.29) is 42.3 Å². The Labute approximate surface area is 326 Å². The van der Waals surface area contributed by atoms with Gasteiger partial charge in [-0.3, -0.25) is 14.5 Å². The Balaban J connectivity index is 1.15. The van der Waals surface area contributed by atoms with E-state index in [0.29, 0.717) is 42.5 Å². The average Bonchev–Trinajstić information content (AvgIpc) is 4.02. The van der Waals surface area contributed by atoms with Crippen LogP contribution in [0, 0.1) is 11.8 Å². The van der Waals surface area contributed by atoms with Gasteiger partial charge in [0.25, 0.3) is 0 Å². The molecule has 5 N–H and O–H groups in total. The number of hydrogen-bond acceptors (Lipinski definition) is 8. The van der Waals surface area contributed by atoms with Crippen LogP contribution < -0.4 is 5.32 Å². The lowest BCUT2D eigenvalue weighted by molar-refractivity contribution is -0.138. The first kappa shape index (κ1) is 40.0. The second kappa shape index (κ2) is 17.0. The van der Waals surface area contributed by atoms with Crippen molar-refractivity contribution in [3.63, 3.8) is 0 Å². The number of nitrogens with zero attached hydrogens (tertiary/aromatic N) is 5. The molecular weight excluding hydrogens is 716 g/mol. The number of nitrogens with one attached hydrogen (secondary N) is 3. The number of methoxy groups -OCH3 is 1. The molecule has 0 spiro atoms. The molecule has 15 heteroatoms. The van der Waals surface area contributed by atoms with E-state index in [1.165, 1.54) is 14.2 Å². The van der Waals surface area contributed by atoms with Crippen molar-refractivity contribution in [1.82, 2.24) is 40.0 Å². The van der Waals surface area contributed by atoms with Gasteiger partial charge in [-0.1, -0.05) is 76.2 Å². The number of imidazole rings is 2. The number of rotatable bonds is 12. The van der Waals surface area contributed by atoms with Gasteiger partial charge in [-0.15, -0.1) is 0 Å². The summed E-state index contributed by atoms with van der Waals surface area (Å²) in [6, 6.07) is 13.9. The van der Waals surface area contributed by atoms with E-state index in [0.717, 1.165) is 52.1 Å². The number of carbonyl (C=O) groups excluding carboxylic acids is 3. The lowest BCUT2D eigenvalue weighted by Crippen LogP contribution is -2.51. The maximum absolute atomic E-state index is 13.7. The zero-order valence-corrected chi connectivity index (χ0v) is 32.8. The smallest absolute Gasteiger partial charge is 0.407 e. The first-order valence-electron chi connectivity index (χ1n) is 19.2. The van der Waals surface area contributed by atoms with Gasteiger partial charge in [-0.05, 0) is 54.2 Å². The fourth-order valence-corrected chi connectivity index (χ4v) is 7.95. The number of ether oxygens (including phenoxy) is 1. The Hall–Kier alpha value is -5.70. The monoisotopic (exact) mass is 768 g/mol. The Kier molecular flexibility index (Phi) is 12.1. The van der Waals surface area contributed by atoms with Crippen LogP contribution in [0.2, 0.25) is 0 Å². The maximum atomic E-state index is 13.7. The third kappa shape index (κ3) is 8.13. The molecule has 2 aliphatic rings. The SMILES string of the molecule is COC(=O)N[C@H](C(=O)N1CCC[C@H]1c1nc(-c2ccc(-c3ccc(-c4[nH]c([C@@H]5CCCN5C(=O)[C@H](C(C)C)N(C)C(=O)O)nc4CO)cc3)cc2)c[nH]1)C(C)C. The number of likely N-dealkylation sites (N-methyl/N-ethyl adjacent to an activating group) is 1. The molecule has 4 heterocycles. The normalized spacial score (nSPS) is 18.0. The quantitative estimate of drug-likeness (QED) is 0.115. The molecule has 0 aliphatic carbocycles. The number of aromatic nitrogens is 4. The van der Waals surface area contributed by atoms with E-state index in [4.69, 9.17) is 14.7 Å². The fourth-order valence-electron chi connectivity index (χ4n) is 7.95. The van der Waals surface area contributed by atoms with Gasteiger partial charge in [0, 0.05) is 31.9 Å². The fraction of sp³-hybridized carbons (Fsp3) is 0.463. The highest BCUT2D eigenvalue weighted by molar-refractivity contribution is 5.87. The molecule has 4 aromatic rings. The van der Waals surface area contributed by atoms with Gasteiger partial charge < -0.3 is 40.0 Å². The minimum atomic E-state index is -1.16. The summed E-state index contributed by atoms with van der Waals surface area (Å²) < 4.78 is 4.75. The molecule has 4 amide bonds. The van der Waals surface area contributed by atoms with Crippen molar-refractivity contribution in [3.8, 4) is 33.6 Å². The summed E-state index contributed by atoms with van der Waals surface area (Å²) in [6.45, 7) is 8.24. The molecule has 0 bridgehead atoms. The summed E-state index contributed by atoms with van der Waals surface area (Å²) in [5.74, 6) is 0.529. The lowest BCUT2D eigenvalue weighted by atomic mass is 10.0. The van der Waals surface area contributed by atoms with E-state index in [9.17, 15) is 29.4 Å². The Morgan fingerprint density at radius 3 is 1.93 bits per heavy atom. The predicted molar refractivity (Wildman–Crippen MR) is 209 cm³/mol. The van der Waals surface area contributed by atoms with Gasteiger partial charge in [0.1, 0.15) is 23.7 Å². The molecule has 2 aromatic carbocycles. The molecule has 2 aliphatic heterocycles. The third-order valence-corrected chi connectivity index (χ3v) is 10.9. The summed E-state index contributed by atoms with van der Waals surface area (Å²) in [6.07, 6.45) is 3.09. The number of amides is 4. The Morgan fingerprint density at radius 1 is 0.839 bits per heavy atom. The number of aliphatic hydroxyl groups is 1. The van der Waals surface area contributed by atoms with Crippen LogP contribution in [0.5, 0.6) is 0 Å². The van der Waals surface area contributed by atoms with Crippen molar-refractivity contribution in [2.45, 2.75) is 84.2 Å². The highest BCUT2D eigenvalue weighted by Crippen LogP contribution is 2.36. The molecule has 2 fully saturated rings. The van der Waals surface area contributed by atoms with Crippen LogP contribution in [0.15, 0.2) is 54.7 Å². The molecule has 0 radical (unpaired) electrons. The number of likely N-dealkylation sites (tertiary alicyclic amines) is 2. The molecule has 2 aromatic heterocycles. The van der Waals surface area contributed by atoms with Crippen molar-refractivity contribution < 1.29 is 34.1 Å². The van der Waals surface area contributed by atoms with Crippen molar-refractivity contribution in [2.75, 3.05) is 27.2 Å². The van der Waals surface area contributed by atoms with Gasteiger partial charge in [0.05, 0.1) is 42.9 Å². The molecule has 0 saturated carbocycles. The number of carboxylic acid groups (broad SMARTS) is 1. The number of benzene rings is 2. The summed E-state index contributed by atoms with van der Waals surface area (Å²) in [5.41, 5.74) is 5.64. The minimum Gasteiger partial charge on any atom is -0.465 e. The third-order valence-electron chi connectivity index (χ3n) is 10.9. The van der Waals surface area contributed by atoms with Gasteiger partial charge in [0.15, 0.2) is 0 Å². The molecule has 2 saturated heterocycles. The number of carbonyl (C=O) groups is 4.